The first-order valence-electron chi connectivity index (χ1n) is 1.20. The molecule has 1 radical (unpaired) electrons. The van der Waals surface area contributed by atoms with Gasteiger partial charge in [0.15, 0.2) is 0 Å². The van der Waals surface area contributed by atoms with Gasteiger partial charge in [-0.15, -0.1) is 11.6 Å². The van der Waals surface area contributed by atoms with Crippen LogP contribution >= 0.6 is 11.6 Å². The van der Waals surface area contributed by atoms with E-state index < -0.39 is 0 Å². The van der Waals surface area contributed by atoms with E-state index in [1.807, 2.05) is 6.92 Å². The Hall–Kier alpha value is 1.03. The van der Waals surface area contributed by atoms with Crippen LogP contribution in [0.15, 0.2) is 0 Å². The average Bonchev–Trinajstić information content (AvgIpc) is 0.811. The van der Waals surface area contributed by atoms with Gasteiger partial charge in [0.25, 0.3) is 0 Å². The van der Waals surface area contributed by atoms with E-state index in [0.717, 1.165) is 0 Å². The summed E-state index contributed by atoms with van der Waals surface area (Å²) in [6.45, 7) is 5.23. The van der Waals surface area contributed by atoms with Crippen LogP contribution in [0.1, 0.15) is 6.92 Å². The maximum Gasteiger partial charge on any atom is 0.0308 e. The first kappa shape index (κ1) is 35.8. The summed E-state index contributed by atoms with van der Waals surface area (Å²) in [5.41, 5.74) is 0. The van der Waals surface area contributed by atoms with Crippen LogP contribution in [-0.4, -0.2) is 16.3 Å². The van der Waals surface area contributed by atoms with Gasteiger partial charge >= 0.3 is 0 Å². The molecule has 0 aliphatic heterocycles. The minimum Gasteiger partial charge on any atom is -1.00 e. The molecule has 1 unspecified atom stereocenters. The maximum atomic E-state index is 5.16. The molecular weight excluding hydrogens is 191 g/mol. The van der Waals surface area contributed by atoms with Gasteiger partial charge in [0.2, 0.25) is 0 Å². The molecule has 1 atom stereocenters. The Balaban J connectivity index is -0.00000000750. The van der Waals surface area contributed by atoms with E-state index in [2.05, 4.69) is 6.92 Å². The minimum absolute atomic E-state index is 0. The monoisotopic (exact) mass is 200 g/mol. The predicted molar refractivity (Wildman–Crippen MR) is 27.9 cm³/mol. The van der Waals surface area contributed by atoms with E-state index >= 15 is 0 Å². The van der Waals surface area contributed by atoms with Crippen molar-refractivity contribution in [2.45, 2.75) is 12.3 Å². The Kier molecular flexibility index (Phi) is 109. The molecule has 0 amide bonds. The van der Waals surface area contributed by atoms with Crippen molar-refractivity contribution < 1.29 is 40.7 Å². The largest absolute Gasteiger partial charge is 1.00 e. The van der Waals surface area contributed by atoms with Crippen LogP contribution in [-0.2, 0) is 17.4 Å². The van der Waals surface area contributed by atoms with Crippen molar-refractivity contribution in [3.8, 4) is 0 Å². The zero-order valence-electron chi connectivity index (χ0n) is 4.45. The average molecular weight is 201 g/mol. The molecular formula is C3H10Cl2CrO2-. The molecule has 55 valence electrons. The van der Waals surface area contributed by atoms with Crippen molar-refractivity contribution in [1.29, 1.82) is 0 Å². The fourth-order valence-corrected chi connectivity index (χ4v) is 0. The molecule has 2 nitrogen and oxygen atoms in total. The van der Waals surface area contributed by atoms with Gasteiger partial charge in [0.05, 0.1) is 0 Å². The zero-order chi connectivity index (χ0) is 3.58. The molecule has 0 aromatic rings. The normalized spacial score (nSPS) is 4.50. The molecule has 0 bridgehead atoms. The molecule has 0 saturated heterocycles. The third-order valence-electron chi connectivity index (χ3n) is 0. The fourth-order valence-electron chi connectivity index (χ4n) is 0. The zero-order valence-corrected chi connectivity index (χ0v) is 7.24. The number of halogens is 2. The second kappa shape index (κ2) is 24.4. The number of alkyl halides is 1. The van der Waals surface area contributed by atoms with Gasteiger partial charge in [-0.2, -0.15) is 0 Å². The maximum absolute atomic E-state index is 5.16. The summed E-state index contributed by atoms with van der Waals surface area (Å²) < 4.78 is 0. The first-order valence-corrected chi connectivity index (χ1v) is 1.64. The van der Waals surface area contributed by atoms with Gasteiger partial charge in [-0.1, -0.05) is 0 Å². The summed E-state index contributed by atoms with van der Waals surface area (Å²) in [5.74, 6) is 0. The summed E-state index contributed by atoms with van der Waals surface area (Å²) in [6, 6.07) is 0. The van der Waals surface area contributed by atoms with E-state index in [1.54, 1.807) is 0 Å². The Labute approximate surface area is 71.8 Å². The van der Waals surface area contributed by atoms with Gasteiger partial charge in [-0.25, -0.2) is 0 Å². The van der Waals surface area contributed by atoms with Crippen molar-refractivity contribution in [1.82, 2.24) is 0 Å². The van der Waals surface area contributed by atoms with Crippen molar-refractivity contribution in [2.24, 2.45) is 0 Å². The minimum atomic E-state index is 0. The number of rotatable bonds is 0. The van der Waals surface area contributed by atoms with Gasteiger partial charge in [0.1, 0.15) is 0 Å². The van der Waals surface area contributed by atoms with Gasteiger partial charge in [0, 0.05) is 22.7 Å². The van der Waals surface area contributed by atoms with Crippen molar-refractivity contribution >= 4 is 11.6 Å². The summed E-state index contributed by atoms with van der Waals surface area (Å²) >= 11 is 5.16. The van der Waals surface area contributed by atoms with Gasteiger partial charge in [-0.3, -0.25) is 0 Å². The standard InChI is InChI=1S/C3H6Cl.ClH.Cr.2H2O/c1-3(2)4;;;;/h3H,1H2,2H3;1H;;2*1H2/p-1. The van der Waals surface area contributed by atoms with Gasteiger partial charge in [-0.05, 0) is 13.8 Å². The third-order valence-corrected chi connectivity index (χ3v) is 0. The van der Waals surface area contributed by atoms with Gasteiger partial charge < -0.3 is 23.4 Å². The van der Waals surface area contributed by atoms with E-state index in [4.69, 9.17) is 11.6 Å². The second-order valence-electron chi connectivity index (χ2n) is 0.781. The molecule has 0 rings (SSSR count). The van der Waals surface area contributed by atoms with E-state index in [1.165, 1.54) is 0 Å². The summed E-state index contributed by atoms with van der Waals surface area (Å²) in [5, 5.41) is 0.0556. The van der Waals surface area contributed by atoms with Crippen molar-refractivity contribution in [2.75, 3.05) is 0 Å². The van der Waals surface area contributed by atoms with Crippen molar-refractivity contribution in [3.63, 3.8) is 0 Å². The summed E-state index contributed by atoms with van der Waals surface area (Å²) in [4.78, 5) is 0. The molecule has 0 aromatic carbocycles. The molecule has 0 saturated carbocycles. The van der Waals surface area contributed by atoms with E-state index in [9.17, 15) is 0 Å². The molecule has 8 heavy (non-hydrogen) atoms. The van der Waals surface area contributed by atoms with Crippen LogP contribution in [0.2, 0.25) is 0 Å². The molecule has 4 N–H and O–H groups in total. The smallest absolute Gasteiger partial charge is 0.0308 e. The van der Waals surface area contributed by atoms with Crippen LogP contribution in [0.4, 0.5) is 0 Å². The summed E-state index contributed by atoms with van der Waals surface area (Å²) in [7, 11) is 0. The van der Waals surface area contributed by atoms with Crippen LogP contribution < -0.4 is 12.4 Å². The predicted octanol–water partition coefficient (Wildman–Crippen LogP) is -3.20. The van der Waals surface area contributed by atoms with Crippen LogP contribution in [0, 0.1) is 6.92 Å². The molecule has 0 fully saturated rings. The third kappa shape index (κ3) is 240. The second-order valence-corrected chi connectivity index (χ2v) is 1.53. The molecule has 0 heterocycles. The van der Waals surface area contributed by atoms with Crippen LogP contribution in [0.25, 0.3) is 0 Å². The Bertz CT molecular complexity index is 20.0. The SMILES string of the molecule is O.O.[CH2]C(C)Cl.[Cl-].[Cr]. The molecule has 0 spiro atoms. The Morgan fingerprint density at radius 3 is 1.38 bits per heavy atom. The topological polar surface area (TPSA) is 63.0 Å². The number of hydrogen-bond donors (Lipinski definition) is 0. The molecule has 0 aromatic heterocycles. The van der Waals surface area contributed by atoms with E-state index in [0.29, 0.717) is 0 Å². The van der Waals surface area contributed by atoms with E-state index in [-0.39, 0.29) is 46.1 Å². The van der Waals surface area contributed by atoms with Crippen LogP contribution in [0.5, 0.6) is 0 Å². The quantitative estimate of drug-likeness (QED) is 0.370. The van der Waals surface area contributed by atoms with Crippen molar-refractivity contribution in [3.05, 3.63) is 6.92 Å². The molecule has 0 aliphatic carbocycles. The Morgan fingerprint density at radius 1 is 1.38 bits per heavy atom. The fraction of sp³-hybridized carbons (Fsp3) is 0.667. The number of hydrogen-bond acceptors (Lipinski definition) is 0. The Morgan fingerprint density at radius 2 is 1.38 bits per heavy atom. The first-order chi connectivity index (χ1) is 1.73. The summed E-state index contributed by atoms with van der Waals surface area (Å²) in [6.07, 6.45) is 0. The van der Waals surface area contributed by atoms with Crippen LogP contribution in [0.3, 0.4) is 0 Å². The molecule has 0 aliphatic rings. The molecule has 5 heteroatoms.